The van der Waals surface area contributed by atoms with E-state index in [1.54, 1.807) is 11.3 Å². The van der Waals surface area contributed by atoms with Gasteiger partial charge in [0.15, 0.2) is 0 Å². The Labute approximate surface area is 106 Å². The SMILES string of the molecule is NC1CCCC(C(=O)NCCc2ccsc2)C1. The van der Waals surface area contributed by atoms with Crippen LogP contribution in [0.1, 0.15) is 31.2 Å². The first kappa shape index (κ1) is 12.6. The van der Waals surface area contributed by atoms with Gasteiger partial charge in [0, 0.05) is 18.5 Å². The molecule has 1 saturated carbocycles. The molecule has 1 aliphatic carbocycles. The van der Waals surface area contributed by atoms with E-state index < -0.39 is 0 Å². The van der Waals surface area contributed by atoms with Crippen molar-refractivity contribution in [2.24, 2.45) is 11.7 Å². The lowest BCUT2D eigenvalue weighted by Gasteiger charge is -2.25. The van der Waals surface area contributed by atoms with Gasteiger partial charge in [-0.2, -0.15) is 11.3 Å². The van der Waals surface area contributed by atoms with Gasteiger partial charge in [-0.1, -0.05) is 6.42 Å². The molecule has 3 nitrogen and oxygen atoms in total. The van der Waals surface area contributed by atoms with Crippen LogP contribution in [-0.2, 0) is 11.2 Å². The Kier molecular flexibility index (Phi) is 4.57. The monoisotopic (exact) mass is 252 g/mol. The fourth-order valence-electron chi connectivity index (χ4n) is 2.38. The van der Waals surface area contributed by atoms with Crippen LogP contribution in [0, 0.1) is 5.92 Å². The van der Waals surface area contributed by atoms with Crippen molar-refractivity contribution in [2.75, 3.05) is 6.54 Å². The first-order valence-electron chi connectivity index (χ1n) is 6.30. The zero-order chi connectivity index (χ0) is 12.1. The van der Waals surface area contributed by atoms with Crippen LogP contribution in [-0.4, -0.2) is 18.5 Å². The van der Waals surface area contributed by atoms with Gasteiger partial charge in [0.1, 0.15) is 0 Å². The van der Waals surface area contributed by atoms with Crippen LogP contribution >= 0.6 is 11.3 Å². The molecule has 0 radical (unpaired) electrons. The van der Waals surface area contributed by atoms with E-state index in [0.717, 1.165) is 38.6 Å². The van der Waals surface area contributed by atoms with E-state index in [1.807, 2.05) is 0 Å². The van der Waals surface area contributed by atoms with Crippen molar-refractivity contribution < 1.29 is 4.79 Å². The Morgan fingerprint density at radius 3 is 3.12 bits per heavy atom. The van der Waals surface area contributed by atoms with Gasteiger partial charge in [0.2, 0.25) is 5.91 Å². The van der Waals surface area contributed by atoms with Crippen molar-refractivity contribution in [1.29, 1.82) is 0 Å². The summed E-state index contributed by atoms with van der Waals surface area (Å²) in [5.74, 6) is 0.330. The fraction of sp³-hybridized carbons (Fsp3) is 0.615. The first-order valence-corrected chi connectivity index (χ1v) is 7.24. The molecule has 0 aliphatic heterocycles. The maximum absolute atomic E-state index is 11.9. The average molecular weight is 252 g/mol. The van der Waals surface area contributed by atoms with Crippen LogP contribution in [0.25, 0.3) is 0 Å². The number of thiophene rings is 1. The number of carbonyl (C=O) groups excluding carboxylic acids is 1. The molecular weight excluding hydrogens is 232 g/mol. The van der Waals surface area contributed by atoms with E-state index in [1.165, 1.54) is 5.56 Å². The van der Waals surface area contributed by atoms with Gasteiger partial charge in [-0.05, 0) is 48.1 Å². The summed E-state index contributed by atoms with van der Waals surface area (Å²) in [6, 6.07) is 2.32. The Balaban J connectivity index is 1.70. The molecule has 2 unspecified atom stereocenters. The second kappa shape index (κ2) is 6.17. The Morgan fingerprint density at radius 2 is 2.41 bits per heavy atom. The minimum absolute atomic E-state index is 0.140. The minimum Gasteiger partial charge on any atom is -0.356 e. The molecule has 0 aromatic carbocycles. The molecule has 94 valence electrons. The van der Waals surface area contributed by atoms with E-state index >= 15 is 0 Å². The molecule has 2 rings (SSSR count). The number of nitrogens with two attached hydrogens (primary N) is 1. The highest BCUT2D eigenvalue weighted by Crippen LogP contribution is 2.23. The fourth-order valence-corrected chi connectivity index (χ4v) is 3.08. The van der Waals surface area contributed by atoms with Gasteiger partial charge in [0.25, 0.3) is 0 Å². The van der Waals surface area contributed by atoms with Gasteiger partial charge in [-0.25, -0.2) is 0 Å². The molecule has 1 fully saturated rings. The van der Waals surface area contributed by atoms with Crippen LogP contribution in [0.3, 0.4) is 0 Å². The van der Waals surface area contributed by atoms with E-state index in [9.17, 15) is 4.79 Å². The molecular formula is C13H20N2OS. The molecule has 17 heavy (non-hydrogen) atoms. The second-order valence-corrected chi connectivity index (χ2v) is 5.58. The maximum atomic E-state index is 11.9. The average Bonchev–Trinajstić information content (AvgIpc) is 2.82. The molecule has 0 spiro atoms. The second-order valence-electron chi connectivity index (χ2n) is 4.80. The highest BCUT2D eigenvalue weighted by molar-refractivity contribution is 7.07. The number of amides is 1. The van der Waals surface area contributed by atoms with Crippen LogP contribution in [0.5, 0.6) is 0 Å². The van der Waals surface area contributed by atoms with Crippen LogP contribution < -0.4 is 11.1 Å². The molecule has 0 saturated heterocycles. The van der Waals surface area contributed by atoms with Gasteiger partial charge in [-0.3, -0.25) is 4.79 Å². The smallest absolute Gasteiger partial charge is 0.223 e. The predicted octanol–water partition coefficient (Wildman–Crippen LogP) is 1.92. The van der Waals surface area contributed by atoms with Crippen molar-refractivity contribution in [3.8, 4) is 0 Å². The van der Waals surface area contributed by atoms with E-state index in [2.05, 4.69) is 22.1 Å². The third kappa shape index (κ3) is 3.82. The van der Waals surface area contributed by atoms with Gasteiger partial charge in [0.05, 0.1) is 0 Å². The lowest BCUT2D eigenvalue weighted by molar-refractivity contribution is -0.126. The molecule has 1 heterocycles. The summed E-state index contributed by atoms with van der Waals surface area (Å²) in [6.45, 7) is 0.737. The quantitative estimate of drug-likeness (QED) is 0.860. The summed E-state index contributed by atoms with van der Waals surface area (Å²) in [4.78, 5) is 11.9. The lowest BCUT2D eigenvalue weighted by atomic mass is 9.85. The van der Waals surface area contributed by atoms with Gasteiger partial charge < -0.3 is 11.1 Å². The highest BCUT2D eigenvalue weighted by Gasteiger charge is 2.24. The zero-order valence-electron chi connectivity index (χ0n) is 10.0. The van der Waals surface area contributed by atoms with Crippen molar-refractivity contribution in [3.05, 3.63) is 22.4 Å². The summed E-state index contributed by atoms with van der Waals surface area (Å²) in [7, 11) is 0. The Bertz CT molecular complexity index is 350. The summed E-state index contributed by atoms with van der Waals surface area (Å²) in [6.07, 6.45) is 4.93. The highest BCUT2D eigenvalue weighted by atomic mass is 32.1. The van der Waals surface area contributed by atoms with Gasteiger partial charge >= 0.3 is 0 Å². The predicted molar refractivity (Wildman–Crippen MR) is 71.0 cm³/mol. The topological polar surface area (TPSA) is 55.1 Å². The maximum Gasteiger partial charge on any atom is 0.223 e. The molecule has 1 aromatic rings. The summed E-state index contributed by atoms with van der Waals surface area (Å²) < 4.78 is 0. The number of carbonyl (C=O) groups is 1. The standard InChI is InChI=1S/C13H20N2OS/c14-12-3-1-2-11(8-12)13(16)15-6-4-10-5-7-17-9-10/h5,7,9,11-12H,1-4,6,8,14H2,(H,15,16). The van der Waals surface area contributed by atoms with E-state index in [-0.39, 0.29) is 17.9 Å². The van der Waals surface area contributed by atoms with Gasteiger partial charge in [-0.15, -0.1) is 0 Å². The summed E-state index contributed by atoms with van der Waals surface area (Å²) in [5.41, 5.74) is 7.19. The zero-order valence-corrected chi connectivity index (χ0v) is 10.8. The van der Waals surface area contributed by atoms with Crippen molar-refractivity contribution in [1.82, 2.24) is 5.32 Å². The molecule has 1 aliphatic rings. The molecule has 3 N–H and O–H groups in total. The van der Waals surface area contributed by atoms with Crippen LogP contribution in [0.15, 0.2) is 16.8 Å². The minimum atomic E-state index is 0.140. The number of rotatable bonds is 4. The molecule has 0 bridgehead atoms. The van der Waals surface area contributed by atoms with Crippen molar-refractivity contribution in [3.63, 3.8) is 0 Å². The lowest BCUT2D eigenvalue weighted by Crippen LogP contribution is -2.38. The van der Waals surface area contributed by atoms with Crippen molar-refractivity contribution >= 4 is 17.2 Å². The van der Waals surface area contributed by atoms with Crippen LogP contribution in [0.2, 0.25) is 0 Å². The molecule has 1 aromatic heterocycles. The van der Waals surface area contributed by atoms with Crippen molar-refractivity contribution in [2.45, 2.75) is 38.1 Å². The third-order valence-electron chi connectivity index (χ3n) is 3.38. The van der Waals surface area contributed by atoms with Crippen LogP contribution in [0.4, 0.5) is 0 Å². The Hall–Kier alpha value is -0.870. The molecule has 1 amide bonds. The van der Waals surface area contributed by atoms with E-state index in [0.29, 0.717) is 0 Å². The number of hydrogen-bond donors (Lipinski definition) is 2. The first-order chi connectivity index (χ1) is 8.25. The molecule has 2 atom stereocenters. The Morgan fingerprint density at radius 1 is 1.53 bits per heavy atom. The number of nitrogens with one attached hydrogen (secondary N) is 1. The third-order valence-corrected chi connectivity index (χ3v) is 4.11. The normalized spacial score (nSPS) is 24.5. The molecule has 4 heteroatoms. The largest absolute Gasteiger partial charge is 0.356 e. The number of hydrogen-bond acceptors (Lipinski definition) is 3. The summed E-state index contributed by atoms with van der Waals surface area (Å²) in [5, 5.41) is 7.22. The summed E-state index contributed by atoms with van der Waals surface area (Å²) >= 11 is 1.70. The van der Waals surface area contributed by atoms with E-state index in [4.69, 9.17) is 5.73 Å².